The lowest BCUT2D eigenvalue weighted by atomic mass is 9.86. The normalized spacial score (nSPS) is 18.0. The minimum Gasteiger partial charge on any atom is -0.497 e. The van der Waals surface area contributed by atoms with Gasteiger partial charge in [-0.15, -0.1) is 0 Å². The first-order chi connectivity index (χ1) is 9.96. The lowest BCUT2D eigenvalue weighted by Gasteiger charge is -2.30. The summed E-state index contributed by atoms with van der Waals surface area (Å²) < 4.78 is 5.30. The zero-order valence-corrected chi connectivity index (χ0v) is 13.5. The zero-order valence-electron chi connectivity index (χ0n) is 13.5. The third-order valence-electron chi connectivity index (χ3n) is 4.32. The van der Waals surface area contributed by atoms with Crippen LogP contribution in [-0.2, 0) is 17.6 Å². The molecule has 0 saturated heterocycles. The van der Waals surface area contributed by atoms with Crippen molar-refractivity contribution in [1.82, 2.24) is 10.6 Å². The number of benzene rings is 1. The molecule has 0 fully saturated rings. The SMILES string of the molecule is CNC(=O)C(C)(C)CNC1CCc2ccc(OC)cc2C1. The molecule has 2 N–H and O–H groups in total. The van der Waals surface area contributed by atoms with Gasteiger partial charge in [-0.3, -0.25) is 4.79 Å². The molecule has 1 aromatic carbocycles. The van der Waals surface area contributed by atoms with Crippen LogP contribution in [-0.4, -0.2) is 32.7 Å². The molecule has 116 valence electrons. The van der Waals surface area contributed by atoms with Crippen LogP contribution in [0.5, 0.6) is 5.75 Å². The standard InChI is InChI=1S/C17H26N2O2/c1-17(2,16(20)18-3)11-19-14-7-5-12-6-8-15(21-4)10-13(12)9-14/h6,8,10,14,19H,5,7,9,11H2,1-4H3,(H,18,20). The average molecular weight is 290 g/mol. The number of methoxy groups -OCH3 is 1. The number of ether oxygens (including phenoxy) is 1. The molecule has 21 heavy (non-hydrogen) atoms. The minimum absolute atomic E-state index is 0.0767. The fourth-order valence-corrected chi connectivity index (χ4v) is 2.85. The number of carbonyl (C=O) groups is 1. The van der Waals surface area contributed by atoms with E-state index in [1.165, 1.54) is 11.1 Å². The van der Waals surface area contributed by atoms with E-state index in [2.05, 4.69) is 22.8 Å². The molecular formula is C17H26N2O2. The maximum atomic E-state index is 11.8. The summed E-state index contributed by atoms with van der Waals surface area (Å²) in [6.45, 7) is 4.63. The second-order valence-electron chi connectivity index (χ2n) is 6.42. The monoisotopic (exact) mass is 290 g/mol. The van der Waals surface area contributed by atoms with Gasteiger partial charge in [-0.25, -0.2) is 0 Å². The largest absolute Gasteiger partial charge is 0.497 e. The number of hydrogen-bond acceptors (Lipinski definition) is 3. The Hall–Kier alpha value is -1.55. The molecule has 0 aromatic heterocycles. The highest BCUT2D eigenvalue weighted by Gasteiger charge is 2.28. The Labute approximate surface area is 127 Å². The highest BCUT2D eigenvalue weighted by Crippen LogP contribution is 2.26. The number of aryl methyl sites for hydroxylation is 1. The van der Waals surface area contributed by atoms with Gasteiger partial charge in [0.2, 0.25) is 5.91 Å². The first kappa shape index (κ1) is 15.8. The van der Waals surface area contributed by atoms with Crippen LogP contribution in [0.3, 0.4) is 0 Å². The number of rotatable bonds is 5. The fraction of sp³-hybridized carbons (Fsp3) is 0.588. The van der Waals surface area contributed by atoms with Crippen molar-refractivity contribution in [2.45, 2.75) is 39.2 Å². The molecule has 1 atom stereocenters. The topological polar surface area (TPSA) is 50.4 Å². The molecule has 1 aliphatic carbocycles. The van der Waals surface area contributed by atoms with Crippen molar-refractivity contribution in [3.8, 4) is 5.75 Å². The number of fused-ring (bicyclic) bond motifs is 1. The van der Waals surface area contributed by atoms with Crippen LogP contribution in [0.1, 0.15) is 31.4 Å². The Morgan fingerprint density at radius 3 is 2.81 bits per heavy atom. The van der Waals surface area contributed by atoms with Crippen molar-refractivity contribution in [2.75, 3.05) is 20.7 Å². The summed E-state index contributed by atoms with van der Waals surface area (Å²) in [6, 6.07) is 6.75. The summed E-state index contributed by atoms with van der Waals surface area (Å²) in [4.78, 5) is 11.8. The summed E-state index contributed by atoms with van der Waals surface area (Å²) >= 11 is 0. The summed E-state index contributed by atoms with van der Waals surface area (Å²) in [6.07, 6.45) is 3.19. The number of hydrogen-bond donors (Lipinski definition) is 2. The van der Waals surface area contributed by atoms with Gasteiger partial charge in [0.25, 0.3) is 0 Å². The van der Waals surface area contributed by atoms with Gasteiger partial charge in [0.05, 0.1) is 12.5 Å². The molecule has 1 amide bonds. The molecule has 2 rings (SSSR count). The van der Waals surface area contributed by atoms with Crippen LogP contribution in [0, 0.1) is 5.41 Å². The van der Waals surface area contributed by atoms with Crippen LogP contribution in [0.25, 0.3) is 0 Å². The molecule has 0 saturated carbocycles. The predicted octanol–water partition coefficient (Wildman–Crippen LogP) is 1.91. The second-order valence-corrected chi connectivity index (χ2v) is 6.42. The Bertz CT molecular complexity index is 512. The number of nitrogens with one attached hydrogen (secondary N) is 2. The second kappa shape index (κ2) is 6.48. The van der Waals surface area contributed by atoms with E-state index < -0.39 is 0 Å². The highest BCUT2D eigenvalue weighted by atomic mass is 16.5. The predicted molar refractivity (Wildman–Crippen MR) is 84.7 cm³/mol. The molecule has 1 aliphatic rings. The van der Waals surface area contributed by atoms with Gasteiger partial charge < -0.3 is 15.4 Å². The Morgan fingerprint density at radius 2 is 2.14 bits per heavy atom. The Balaban J connectivity index is 1.97. The summed E-state index contributed by atoms with van der Waals surface area (Å²) in [7, 11) is 3.39. The van der Waals surface area contributed by atoms with E-state index in [1.54, 1.807) is 14.2 Å². The maximum Gasteiger partial charge on any atom is 0.226 e. The molecule has 0 radical (unpaired) electrons. The van der Waals surface area contributed by atoms with Gasteiger partial charge in [0, 0.05) is 19.6 Å². The van der Waals surface area contributed by atoms with E-state index in [4.69, 9.17) is 4.74 Å². The van der Waals surface area contributed by atoms with E-state index in [1.807, 2.05) is 19.9 Å². The molecule has 0 spiro atoms. The molecule has 0 heterocycles. The summed E-state index contributed by atoms with van der Waals surface area (Å²) in [5.41, 5.74) is 2.39. The number of carbonyl (C=O) groups excluding carboxylic acids is 1. The lowest BCUT2D eigenvalue weighted by Crippen LogP contribution is -2.46. The lowest BCUT2D eigenvalue weighted by molar-refractivity contribution is -0.128. The Kier molecular flexibility index (Phi) is 4.88. The summed E-state index contributed by atoms with van der Waals surface area (Å²) in [5, 5.41) is 6.28. The van der Waals surface area contributed by atoms with E-state index in [0.717, 1.165) is 25.0 Å². The molecule has 1 unspecified atom stereocenters. The van der Waals surface area contributed by atoms with Crippen molar-refractivity contribution in [2.24, 2.45) is 5.41 Å². The maximum absolute atomic E-state index is 11.8. The van der Waals surface area contributed by atoms with Crippen LogP contribution >= 0.6 is 0 Å². The quantitative estimate of drug-likeness (QED) is 0.871. The average Bonchev–Trinajstić information content (AvgIpc) is 2.51. The van der Waals surface area contributed by atoms with E-state index in [0.29, 0.717) is 12.6 Å². The number of amides is 1. The van der Waals surface area contributed by atoms with Crippen LogP contribution in [0.15, 0.2) is 18.2 Å². The van der Waals surface area contributed by atoms with Crippen molar-refractivity contribution >= 4 is 5.91 Å². The summed E-state index contributed by atoms with van der Waals surface area (Å²) in [5.74, 6) is 0.993. The molecule has 0 bridgehead atoms. The van der Waals surface area contributed by atoms with Crippen LogP contribution in [0.2, 0.25) is 0 Å². The molecular weight excluding hydrogens is 264 g/mol. The molecule has 0 aliphatic heterocycles. The van der Waals surface area contributed by atoms with Gasteiger partial charge >= 0.3 is 0 Å². The van der Waals surface area contributed by atoms with Crippen molar-refractivity contribution < 1.29 is 9.53 Å². The fourth-order valence-electron chi connectivity index (χ4n) is 2.85. The first-order valence-electron chi connectivity index (χ1n) is 7.57. The van der Waals surface area contributed by atoms with Gasteiger partial charge in [-0.05, 0) is 56.4 Å². The van der Waals surface area contributed by atoms with Crippen LogP contribution < -0.4 is 15.4 Å². The smallest absolute Gasteiger partial charge is 0.226 e. The van der Waals surface area contributed by atoms with Gasteiger partial charge in [-0.1, -0.05) is 6.07 Å². The van der Waals surface area contributed by atoms with Crippen molar-refractivity contribution in [3.05, 3.63) is 29.3 Å². The minimum atomic E-state index is -0.386. The van der Waals surface area contributed by atoms with Gasteiger partial charge in [-0.2, -0.15) is 0 Å². The first-order valence-corrected chi connectivity index (χ1v) is 7.57. The molecule has 1 aromatic rings. The van der Waals surface area contributed by atoms with Gasteiger partial charge in [0.1, 0.15) is 5.75 Å². The van der Waals surface area contributed by atoms with Crippen LogP contribution in [0.4, 0.5) is 0 Å². The third-order valence-corrected chi connectivity index (χ3v) is 4.32. The highest BCUT2D eigenvalue weighted by molar-refractivity contribution is 5.81. The zero-order chi connectivity index (χ0) is 15.5. The van der Waals surface area contributed by atoms with E-state index in [9.17, 15) is 4.79 Å². The van der Waals surface area contributed by atoms with Crippen molar-refractivity contribution in [3.63, 3.8) is 0 Å². The van der Waals surface area contributed by atoms with E-state index in [-0.39, 0.29) is 11.3 Å². The van der Waals surface area contributed by atoms with Crippen molar-refractivity contribution in [1.29, 1.82) is 0 Å². The van der Waals surface area contributed by atoms with Gasteiger partial charge in [0.15, 0.2) is 0 Å². The van der Waals surface area contributed by atoms with E-state index >= 15 is 0 Å². The molecule has 4 heteroatoms. The Morgan fingerprint density at radius 1 is 1.38 bits per heavy atom. The molecule has 4 nitrogen and oxygen atoms in total. The third kappa shape index (κ3) is 3.76.